The monoisotopic (exact) mass is 438 g/mol. The maximum Gasteiger partial charge on any atom is 0.255 e. The Morgan fingerprint density at radius 1 is 1.06 bits per heavy atom. The number of nitrogens with two attached hydrogens (primary N) is 1. The minimum absolute atomic E-state index is 0.241. The van der Waals surface area contributed by atoms with Gasteiger partial charge in [0, 0.05) is 23.0 Å². The number of aromatic nitrogens is 1. The van der Waals surface area contributed by atoms with E-state index in [1.54, 1.807) is 0 Å². The molecule has 0 aliphatic carbocycles. The van der Waals surface area contributed by atoms with E-state index in [2.05, 4.69) is 44.3 Å². The molecule has 0 radical (unpaired) electrons. The number of hydrogen-bond acceptors (Lipinski definition) is 4. The molecule has 0 aliphatic rings. The van der Waals surface area contributed by atoms with Gasteiger partial charge in [-0.3, -0.25) is 4.79 Å². The molecule has 6 heteroatoms. The van der Waals surface area contributed by atoms with E-state index in [1.807, 2.05) is 53.1 Å². The summed E-state index contributed by atoms with van der Waals surface area (Å²) >= 11 is 0. The van der Waals surface area contributed by atoms with Crippen LogP contribution >= 0.6 is 0 Å². The Labute approximate surface area is 193 Å². The van der Waals surface area contributed by atoms with Crippen LogP contribution in [0.15, 0.2) is 60.8 Å². The molecular weight excluding hydrogens is 412 g/mol. The zero-order valence-electron chi connectivity index (χ0n) is 19.0. The number of nitriles is 1. The van der Waals surface area contributed by atoms with Crippen LogP contribution in [-0.2, 0) is 11.2 Å². The molecule has 0 spiro atoms. The fraction of sp³-hybridized carbons (Fsp3) is 0.185. The third-order valence-corrected chi connectivity index (χ3v) is 5.79. The van der Waals surface area contributed by atoms with Crippen molar-refractivity contribution in [2.75, 3.05) is 11.9 Å². The average Bonchev–Trinajstić information content (AvgIpc) is 3.12. The quantitative estimate of drug-likeness (QED) is 0.411. The summed E-state index contributed by atoms with van der Waals surface area (Å²) in [6, 6.07) is 20.0. The predicted molar refractivity (Wildman–Crippen MR) is 131 cm³/mol. The number of carbonyl (C=O) groups excluding carboxylic acids is 1. The number of benzene rings is 2. The van der Waals surface area contributed by atoms with Crippen molar-refractivity contribution in [2.24, 2.45) is 5.73 Å². The number of fused-ring (bicyclic) bond motifs is 1. The van der Waals surface area contributed by atoms with Crippen LogP contribution in [0, 0.1) is 25.2 Å². The van der Waals surface area contributed by atoms with Gasteiger partial charge in [-0.2, -0.15) is 5.26 Å². The molecule has 2 aromatic heterocycles. The summed E-state index contributed by atoms with van der Waals surface area (Å²) in [5.41, 5.74) is 12.4. The SMILES string of the molecule is CCc1cccc(OCC(N)=O)c1-c1c(C#N)c2ccccn2c1Nc1c(C)cccc1C. The summed E-state index contributed by atoms with van der Waals surface area (Å²) < 4.78 is 7.81. The van der Waals surface area contributed by atoms with Gasteiger partial charge in [-0.1, -0.05) is 43.3 Å². The molecule has 0 aliphatic heterocycles. The Bertz CT molecular complexity index is 1380. The standard InChI is InChI=1S/C27H26N4O2/c1-4-19-11-8-13-22(33-16-23(29)32)24(19)25-20(15-28)21-12-5-6-14-31(21)27(25)30-26-17(2)9-7-10-18(26)3/h5-14,30H,4,16H2,1-3H3,(H2,29,32). The van der Waals surface area contributed by atoms with E-state index in [1.165, 1.54) is 0 Å². The first kappa shape index (κ1) is 22.0. The minimum atomic E-state index is -0.556. The van der Waals surface area contributed by atoms with E-state index in [4.69, 9.17) is 10.5 Å². The van der Waals surface area contributed by atoms with Crippen molar-refractivity contribution in [1.82, 2.24) is 4.40 Å². The van der Waals surface area contributed by atoms with Crippen LogP contribution in [0.5, 0.6) is 5.75 Å². The van der Waals surface area contributed by atoms with Gasteiger partial charge in [0.05, 0.1) is 11.1 Å². The number of carbonyl (C=O) groups is 1. The van der Waals surface area contributed by atoms with Gasteiger partial charge in [0.2, 0.25) is 0 Å². The van der Waals surface area contributed by atoms with E-state index in [9.17, 15) is 10.1 Å². The normalized spacial score (nSPS) is 10.7. The van der Waals surface area contributed by atoms with Crippen molar-refractivity contribution in [3.05, 3.63) is 83.0 Å². The number of nitrogens with zero attached hydrogens (tertiary/aromatic N) is 2. The van der Waals surface area contributed by atoms with Gasteiger partial charge < -0.3 is 20.2 Å². The van der Waals surface area contributed by atoms with Crippen molar-refractivity contribution in [1.29, 1.82) is 5.26 Å². The van der Waals surface area contributed by atoms with Crippen molar-refractivity contribution in [3.63, 3.8) is 0 Å². The number of para-hydroxylation sites is 1. The molecule has 0 saturated carbocycles. The molecule has 0 bridgehead atoms. The maximum atomic E-state index is 11.5. The van der Waals surface area contributed by atoms with E-state index >= 15 is 0 Å². The highest BCUT2D eigenvalue weighted by atomic mass is 16.5. The van der Waals surface area contributed by atoms with E-state index in [-0.39, 0.29) is 6.61 Å². The molecule has 1 amide bonds. The van der Waals surface area contributed by atoms with Crippen molar-refractivity contribution < 1.29 is 9.53 Å². The zero-order valence-corrected chi connectivity index (χ0v) is 19.0. The van der Waals surface area contributed by atoms with Gasteiger partial charge in [0.1, 0.15) is 17.6 Å². The van der Waals surface area contributed by atoms with E-state index in [0.717, 1.165) is 51.3 Å². The summed E-state index contributed by atoms with van der Waals surface area (Å²) in [6.07, 6.45) is 2.66. The molecule has 2 heterocycles. The summed E-state index contributed by atoms with van der Waals surface area (Å²) in [4.78, 5) is 11.5. The molecule has 4 rings (SSSR count). The van der Waals surface area contributed by atoms with Gasteiger partial charge in [0.25, 0.3) is 5.91 Å². The van der Waals surface area contributed by atoms with Crippen molar-refractivity contribution >= 4 is 22.9 Å². The largest absolute Gasteiger partial charge is 0.483 e. The topological polar surface area (TPSA) is 92.5 Å². The van der Waals surface area contributed by atoms with Crippen molar-refractivity contribution in [2.45, 2.75) is 27.2 Å². The molecular formula is C27H26N4O2. The Balaban J connectivity index is 2.06. The molecule has 33 heavy (non-hydrogen) atoms. The molecule has 3 N–H and O–H groups in total. The summed E-state index contributed by atoms with van der Waals surface area (Å²) in [7, 11) is 0. The van der Waals surface area contributed by atoms with Gasteiger partial charge in [-0.15, -0.1) is 0 Å². The van der Waals surface area contributed by atoms with Crippen molar-refractivity contribution in [3.8, 4) is 22.9 Å². The number of aryl methyl sites for hydroxylation is 3. The molecule has 0 fully saturated rings. The van der Waals surface area contributed by atoms with Crippen LogP contribution in [0.1, 0.15) is 29.2 Å². The number of amides is 1. The lowest BCUT2D eigenvalue weighted by Crippen LogP contribution is -2.20. The van der Waals surface area contributed by atoms with E-state index < -0.39 is 5.91 Å². The van der Waals surface area contributed by atoms with Gasteiger partial charge in [0.15, 0.2) is 6.61 Å². The van der Waals surface area contributed by atoms with Gasteiger partial charge >= 0.3 is 0 Å². The second-order valence-corrected chi connectivity index (χ2v) is 7.96. The fourth-order valence-corrected chi connectivity index (χ4v) is 4.24. The molecule has 166 valence electrons. The summed E-state index contributed by atoms with van der Waals surface area (Å²) in [5.74, 6) is 0.730. The Hall–Kier alpha value is -4.24. The lowest BCUT2D eigenvalue weighted by Gasteiger charge is -2.18. The highest BCUT2D eigenvalue weighted by Gasteiger charge is 2.25. The van der Waals surface area contributed by atoms with Crippen LogP contribution in [0.3, 0.4) is 0 Å². The molecule has 0 saturated heterocycles. The molecule has 2 aromatic carbocycles. The van der Waals surface area contributed by atoms with Crippen LogP contribution in [-0.4, -0.2) is 16.9 Å². The fourth-order valence-electron chi connectivity index (χ4n) is 4.24. The number of rotatable bonds is 7. The van der Waals surface area contributed by atoms with Gasteiger partial charge in [-0.25, -0.2) is 0 Å². The highest BCUT2D eigenvalue weighted by Crippen LogP contribution is 2.44. The number of hydrogen-bond donors (Lipinski definition) is 2. The second kappa shape index (κ2) is 9.09. The van der Waals surface area contributed by atoms with Crippen LogP contribution in [0.25, 0.3) is 16.6 Å². The predicted octanol–water partition coefficient (Wildman–Crippen LogP) is 5.26. The Morgan fingerprint density at radius 2 is 1.79 bits per heavy atom. The number of anilines is 2. The van der Waals surface area contributed by atoms with Crippen LogP contribution < -0.4 is 15.8 Å². The van der Waals surface area contributed by atoms with Gasteiger partial charge in [-0.05, 0) is 55.2 Å². The second-order valence-electron chi connectivity index (χ2n) is 7.96. The van der Waals surface area contributed by atoms with E-state index in [0.29, 0.717) is 11.3 Å². The third-order valence-electron chi connectivity index (χ3n) is 5.79. The molecule has 0 unspecified atom stereocenters. The molecule has 4 aromatic rings. The molecule has 0 atom stereocenters. The number of primary amides is 1. The average molecular weight is 439 g/mol. The first-order valence-corrected chi connectivity index (χ1v) is 10.9. The Kier molecular flexibility index (Phi) is 6.05. The first-order chi connectivity index (χ1) is 16.0. The number of pyridine rings is 1. The first-order valence-electron chi connectivity index (χ1n) is 10.9. The lowest BCUT2D eigenvalue weighted by atomic mass is 9.95. The van der Waals surface area contributed by atoms with Crippen LogP contribution in [0.4, 0.5) is 11.5 Å². The smallest absolute Gasteiger partial charge is 0.255 e. The third kappa shape index (κ3) is 4.01. The van der Waals surface area contributed by atoms with Crippen LogP contribution in [0.2, 0.25) is 0 Å². The zero-order chi connectivity index (χ0) is 23.5. The highest BCUT2D eigenvalue weighted by molar-refractivity contribution is 5.95. The number of ether oxygens (including phenoxy) is 1. The summed E-state index contributed by atoms with van der Waals surface area (Å²) in [6.45, 7) is 5.92. The lowest BCUT2D eigenvalue weighted by molar-refractivity contribution is -0.119. The number of nitrogens with one attached hydrogen (secondary N) is 1. The Morgan fingerprint density at radius 3 is 2.45 bits per heavy atom. The molecule has 6 nitrogen and oxygen atoms in total. The maximum absolute atomic E-state index is 11.5. The summed E-state index contributed by atoms with van der Waals surface area (Å²) in [5, 5.41) is 13.8. The minimum Gasteiger partial charge on any atom is -0.483 e.